The summed E-state index contributed by atoms with van der Waals surface area (Å²) in [4.78, 5) is 0. The lowest BCUT2D eigenvalue weighted by Gasteiger charge is -2.11. The summed E-state index contributed by atoms with van der Waals surface area (Å²) in [7, 11) is 0. The molecule has 1 N–H and O–H groups in total. The molecular formula is C19H22N2O. The number of ether oxygens (including phenoxy) is 1. The monoisotopic (exact) mass is 294 g/mol. The summed E-state index contributed by atoms with van der Waals surface area (Å²) >= 11 is 0. The summed E-state index contributed by atoms with van der Waals surface area (Å²) in [6, 6.07) is 18.2. The quantitative estimate of drug-likeness (QED) is 0.754. The van der Waals surface area contributed by atoms with E-state index in [0.29, 0.717) is 12.2 Å². The van der Waals surface area contributed by atoms with Gasteiger partial charge in [0.15, 0.2) is 0 Å². The lowest BCUT2D eigenvalue weighted by atomic mass is 10.1. The van der Waals surface area contributed by atoms with Crippen LogP contribution in [-0.2, 0) is 24.4 Å². The molecule has 2 aromatic carbocycles. The van der Waals surface area contributed by atoms with E-state index < -0.39 is 0 Å². The van der Waals surface area contributed by atoms with Crippen LogP contribution in [0.15, 0.2) is 48.5 Å². The van der Waals surface area contributed by atoms with Crippen molar-refractivity contribution in [3.8, 4) is 6.07 Å². The van der Waals surface area contributed by atoms with Gasteiger partial charge in [-0.15, -0.1) is 0 Å². The summed E-state index contributed by atoms with van der Waals surface area (Å²) in [5, 5.41) is 12.2. The maximum absolute atomic E-state index is 8.79. The molecule has 0 amide bonds. The molecule has 3 nitrogen and oxygen atoms in total. The van der Waals surface area contributed by atoms with Crippen molar-refractivity contribution < 1.29 is 4.74 Å². The van der Waals surface area contributed by atoms with Crippen LogP contribution in [0.2, 0.25) is 0 Å². The Morgan fingerprint density at radius 2 is 1.73 bits per heavy atom. The highest BCUT2D eigenvalue weighted by atomic mass is 16.5. The zero-order valence-electron chi connectivity index (χ0n) is 13.0. The molecule has 2 aromatic rings. The van der Waals surface area contributed by atoms with E-state index in [1.165, 1.54) is 16.7 Å². The number of benzene rings is 2. The molecule has 0 heterocycles. The van der Waals surface area contributed by atoms with Gasteiger partial charge in [0.1, 0.15) is 0 Å². The molecule has 3 heteroatoms. The predicted octanol–water partition coefficient (Wildman–Crippen LogP) is 3.77. The Kier molecular flexibility index (Phi) is 6.63. The highest BCUT2D eigenvalue weighted by molar-refractivity contribution is 5.31. The van der Waals surface area contributed by atoms with Crippen molar-refractivity contribution in [2.75, 3.05) is 6.61 Å². The van der Waals surface area contributed by atoms with Crippen molar-refractivity contribution in [3.05, 3.63) is 70.8 Å². The topological polar surface area (TPSA) is 45.0 Å². The molecule has 114 valence electrons. The first kappa shape index (κ1) is 16.2. The molecule has 0 saturated carbocycles. The lowest BCUT2D eigenvalue weighted by Crippen LogP contribution is -2.14. The fraction of sp³-hybridized carbons (Fsp3) is 0.316. The summed E-state index contributed by atoms with van der Waals surface area (Å²) in [5.74, 6) is 0. The highest BCUT2D eigenvalue weighted by Crippen LogP contribution is 2.11. The van der Waals surface area contributed by atoms with Crippen molar-refractivity contribution in [2.45, 2.75) is 33.0 Å². The van der Waals surface area contributed by atoms with Gasteiger partial charge in [0.05, 0.1) is 18.2 Å². The van der Waals surface area contributed by atoms with Crippen molar-refractivity contribution in [3.63, 3.8) is 0 Å². The van der Waals surface area contributed by atoms with Crippen LogP contribution in [0.25, 0.3) is 0 Å². The molecule has 0 fully saturated rings. The molecule has 0 unspecified atom stereocenters. The first-order valence-corrected chi connectivity index (χ1v) is 7.67. The van der Waals surface area contributed by atoms with E-state index in [4.69, 9.17) is 10.00 Å². The summed E-state index contributed by atoms with van der Waals surface area (Å²) in [6.45, 7) is 5.18. The van der Waals surface area contributed by atoms with Crippen LogP contribution in [0, 0.1) is 11.3 Å². The Hall–Kier alpha value is -2.15. The van der Waals surface area contributed by atoms with Crippen LogP contribution < -0.4 is 5.32 Å². The Balaban J connectivity index is 1.86. The predicted molar refractivity (Wildman–Crippen MR) is 88.1 cm³/mol. The average molecular weight is 294 g/mol. The van der Waals surface area contributed by atoms with Gasteiger partial charge < -0.3 is 10.1 Å². The Morgan fingerprint density at radius 3 is 2.41 bits per heavy atom. The Labute approximate surface area is 132 Å². The second-order valence-electron chi connectivity index (χ2n) is 5.23. The van der Waals surface area contributed by atoms with Gasteiger partial charge >= 0.3 is 0 Å². The van der Waals surface area contributed by atoms with Crippen LogP contribution in [0.5, 0.6) is 0 Å². The molecule has 0 aliphatic heterocycles. The smallest absolute Gasteiger partial charge is 0.0991 e. The molecule has 0 aliphatic rings. The fourth-order valence-corrected chi connectivity index (χ4v) is 2.24. The SMILES string of the molecule is CCCOCc1ccccc1CNCc1ccc(C#N)cc1. The molecule has 0 radical (unpaired) electrons. The standard InChI is InChI=1S/C19H22N2O/c1-2-11-22-15-19-6-4-3-5-18(19)14-21-13-17-9-7-16(12-20)8-10-17/h3-10,21H,2,11,13-15H2,1H3. The first-order valence-electron chi connectivity index (χ1n) is 7.67. The zero-order valence-corrected chi connectivity index (χ0v) is 13.0. The normalized spacial score (nSPS) is 10.4. The molecule has 0 atom stereocenters. The molecule has 0 aliphatic carbocycles. The molecule has 22 heavy (non-hydrogen) atoms. The van der Waals surface area contributed by atoms with Crippen LogP contribution >= 0.6 is 0 Å². The maximum atomic E-state index is 8.79. The summed E-state index contributed by atoms with van der Waals surface area (Å²) < 4.78 is 5.64. The van der Waals surface area contributed by atoms with E-state index in [0.717, 1.165) is 26.1 Å². The lowest BCUT2D eigenvalue weighted by molar-refractivity contribution is 0.121. The van der Waals surface area contributed by atoms with Crippen molar-refractivity contribution in [1.29, 1.82) is 5.26 Å². The van der Waals surface area contributed by atoms with Gasteiger partial charge in [-0.25, -0.2) is 0 Å². The Bertz CT molecular complexity index is 614. The van der Waals surface area contributed by atoms with E-state index in [1.54, 1.807) is 0 Å². The number of rotatable bonds is 8. The number of hydrogen-bond donors (Lipinski definition) is 1. The number of nitrogens with zero attached hydrogens (tertiary/aromatic N) is 1. The molecule has 2 rings (SSSR count). The van der Waals surface area contributed by atoms with E-state index in [-0.39, 0.29) is 0 Å². The van der Waals surface area contributed by atoms with Gasteiger partial charge in [-0.2, -0.15) is 5.26 Å². The Morgan fingerprint density at radius 1 is 1.00 bits per heavy atom. The van der Waals surface area contributed by atoms with E-state index >= 15 is 0 Å². The third-order valence-corrected chi connectivity index (χ3v) is 3.45. The molecule has 0 bridgehead atoms. The summed E-state index contributed by atoms with van der Waals surface area (Å²) in [6.07, 6.45) is 1.04. The van der Waals surface area contributed by atoms with E-state index in [9.17, 15) is 0 Å². The number of hydrogen-bond acceptors (Lipinski definition) is 3. The average Bonchev–Trinajstić information content (AvgIpc) is 2.57. The van der Waals surface area contributed by atoms with Gasteiger partial charge in [-0.05, 0) is 35.2 Å². The van der Waals surface area contributed by atoms with Crippen molar-refractivity contribution >= 4 is 0 Å². The van der Waals surface area contributed by atoms with Crippen LogP contribution in [0.1, 0.15) is 35.6 Å². The molecule has 0 saturated heterocycles. The molecular weight excluding hydrogens is 272 g/mol. The van der Waals surface area contributed by atoms with Gasteiger partial charge in [0.25, 0.3) is 0 Å². The van der Waals surface area contributed by atoms with Crippen LogP contribution in [0.3, 0.4) is 0 Å². The third-order valence-electron chi connectivity index (χ3n) is 3.45. The van der Waals surface area contributed by atoms with E-state index in [2.05, 4.69) is 42.6 Å². The van der Waals surface area contributed by atoms with Gasteiger partial charge in [-0.1, -0.05) is 43.3 Å². The van der Waals surface area contributed by atoms with Crippen molar-refractivity contribution in [1.82, 2.24) is 5.32 Å². The second kappa shape index (κ2) is 8.99. The van der Waals surface area contributed by atoms with Crippen LogP contribution in [-0.4, -0.2) is 6.61 Å². The first-order chi connectivity index (χ1) is 10.8. The molecule has 0 spiro atoms. The van der Waals surface area contributed by atoms with Crippen molar-refractivity contribution in [2.24, 2.45) is 0 Å². The third kappa shape index (κ3) is 5.00. The largest absolute Gasteiger partial charge is 0.377 e. The maximum Gasteiger partial charge on any atom is 0.0991 e. The molecule has 0 aromatic heterocycles. The highest BCUT2D eigenvalue weighted by Gasteiger charge is 2.02. The summed E-state index contributed by atoms with van der Waals surface area (Å²) in [5.41, 5.74) is 4.39. The van der Waals surface area contributed by atoms with Gasteiger partial charge in [-0.3, -0.25) is 0 Å². The van der Waals surface area contributed by atoms with Crippen LogP contribution in [0.4, 0.5) is 0 Å². The minimum Gasteiger partial charge on any atom is -0.377 e. The van der Waals surface area contributed by atoms with Gasteiger partial charge in [0.2, 0.25) is 0 Å². The zero-order chi connectivity index (χ0) is 15.6. The van der Waals surface area contributed by atoms with E-state index in [1.807, 2.05) is 24.3 Å². The minimum atomic E-state index is 0.669. The number of nitrogens with one attached hydrogen (secondary N) is 1. The minimum absolute atomic E-state index is 0.669. The number of nitriles is 1. The van der Waals surface area contributed by atoms with Gasteiger partial charge in [0, 0.05) is 19.7 Å². The second-order valence-corrected chi connectivity index (χ2v) is 5.23. The fourth-order valence-electron chi connectivity index (χ4n) is 2.24.